The molecule has 1 fully saturated rings. The molecule has 0 unspecified atom stereocenters. The molecular weight excluding hydrogens is 280 g/mol. The molecule has 0 saturated heterocycles. The number of methoxy groups -OCH3 is 2. The molecule has 0 aromatic heterocycles. The number of hydrogen-bond acceptors (Lipinski definition) is 3. The minimum absolute atomic E-state index is 0.167. The van der Waals surface area contributed by atoms with Crippen LogP contribution in [0.4, 0.5) is 0 Å². The van der Waals surface area contributed by atoms with Crippen LogP contribution in [-0.4, -0.2) is 34.9 Å². The maximum Gasteiger partial charge on any atom is 0.192 e. The van der Waals surface area contributed by atoms with Crippen LogP contribution in [0.15, 0.2) is 12.2 Å². The van der Waals surface area contributed by atoms with Crippen LogP contribution in [0.1, 0.15) is 40.5 Å². The topological polar surface area (TPSA) is 27.7 Å². The molecule has 124 valence electrons. The van der Waals surface area contributed by atoms with E-state index in [2.05, 4.69) is 47.4 Å². The molecule has 0 spiro atoms. The Morgan fingerprint density at radius 1 is 1.14 bits per heavy atom. The van der Waals surface area contributed by atoms with Crippen LogP contribution in [0.25, 0.3) is 0 Å². The number of hydrogen-bond donors (Lipinski definition) is 0. The van der Waals surface area contributed by atoms with Gasteiger partial charge in [0.05, 0.1) is 6.10 Å². The van der Waals surface area contributed by atoms with Crippen molar-refractivity contribution in [1.82, 2.24) is 0 Å². The molecule has 0 aromatic carbocycles. The summed E-state index contributed by atoms with van der Waals surface area (Å²) in [6.45, 7) is 17.8. The summed E-state index contributed by atoms with van der Waals surface area (Å²) in [6.07, 6.45) is 2.22. The zero-order valence-electron chi connectivity index (χ0n) is 15.2. The largest absolute Gasteiger partial charge is 0.413 e. The molecule has 4 heteroatoms. The Morgan fingerprint density at radius 2 is 1.67 bits per heavy atom. The molecule has 3 nitrogen and oxygen atoms in total. The van der Waals surface area contributed by atoms with Gasteiger partial charge in [-0.15, -0.1) is 0 Å². The second-order valence-corrected chi connectivity index (χ2v) is 12.6. The first-order valence-corrected chi connectivity index (χ1v) is 10.8. The Labute approximate surface area is 132 Å². The van der Waals surface area contributed by atoms with Crippen molar-refractivity contribution in [3.8, 4) is 0 Å². The quantitative estimate of drug-likeness (QED) is 0.407. The van der Waals surface area contributed by atoms with Gasteiger partial charge in [-0.25, -0.2) is 0 Å². The lowest BCUT2D eigenvalue weighted by Gasteiger charge is -2.41. The summed E-state index contributed by atoms with van der Waals surface area (Å²) in [7, 11) is 1.66. The highest BCUT2D eigenvalue weighted by atomic mass is 28.4. The Kier molecular flexibility index (Phi) is 6.24. The molecule has 0 amide bonds. The van der Waals surface area contributed by atoms with Crippen molar-refractivity contribution in [2.24, 2.45) is 11.8 Å². The van der Waals surface area contributed by atoms with Crippen molar-refractivity contribution in [2.75, 3.05) is 14.2 Å². The molecule has 1 saturated carbocycles. The van der Waals surface area contributed by atoms with Crippen LogP contribution in [0.5, 0.6) is 0 Å². The Morgan fingerprint density at radius 3 is 2.05 bits per heavy atom. The van der Waals surface area contributed by atoms with Gasteiger partial charge in [-0.3, -0.25) is 0 Å². The SMILES string of the molecule is C=C(C)[C@@H]1[C@@H](O[Si](C)(C)C(C)(C)C)CC[C@@H]1C(OC)OC. The smallest absolute Gasteiger partial charge is 0.192 e. The molecule has 1 aliphatic rings. The average molecular weight is 315 g/mol. The first kappa shape index (κ1) is 18.9. The summed E-state index contributed by atoms with van der Waals surface area (Å²) in [5.74, 6) is 0.663. The maximum atomic E-state index is 6.67. The van der Waals surface area contributed by atoms with Crippen LogP contribution >= 0.6 is 0 Å². The van der Waals surface area contributed by atoms with Gasteiger partial charge in [-0.1, -0.05) is 32.9 Å². The predicted octanol–water partition coefficient (Wildman–Crippen LogP) is 4.60. The first-order chi connectivity index (χ1) is 9.55. The summed E-state index contributed by atoms with van der Waals surface area (Å²) in [4.78, 5) is 0. The minimum Gasteiger partial charge on any atom is -0.413 e. The van der Waals surface area contributed by atoms with E-state index in [4.69, 9.17) is 13.9 Å². The van der Waals surface area contributed by atoms with Crippen LogP contribution in [0.2, 0.25) is 18.1 Å². The van der Waals surface area contributed by atoms with Gasteiger partial charge < -0.3 is 13.9 Å². The summed E-state index contributed by atoms with van der Waals surface area (Å²) < 4.78 is 17.7. The van der Waals surface area contributed by atoms with E-state index in [-0.39, 0.29) is 17.4 Å². The average Bonchev–Trinajstić information content (AvgIpc) is 2.72. The first-order valence-electron chi connectivity index (χ1n) is 7.94. The summed E-state index contributed by atoms with van der Waals surface area (Å²) in [6, 6.07) is 0. The van der Waals surface area contributed by atoms with Gasteiger partial charge in [0.15, 0.2) is 14.6 Å². The molecule has 0 aromatic rings. The second-order valence-electron chi connectivity index (χ2n) is 7.87. The molecular formula is C17H34O3Si. The van der Waals surface area contributed by atoms with Gasteiger partial charge in [0, 0.05) is 26.1 Å². The predicted molar refractivity (Wildman–Crippen MR) is 90.9 cm³/mol. The molecule has 0 N–H and O–H groups in total. The standard InChI is InChI=1S/C17H34O3Si/c1-12(2)15-13(16(18-6)19-7)10-11-14(15)20-21(8,9)17(3,4)5/h13-16H,1,10-11H2,2-9H3/t13-,14-,15-/m0/s1. The molecule has 0 bridgehead atoms. The van der Waals surface area contributed by atoms with Crippen molar-refractivity contribution in [3.05, 3.63) is 12.2 Å². The zero-order chi connectivity index (χ0) is 16.4. The number of ether oxygens (including phenoxy) is 2. The highest BCUT2D eigenvalue weighted by molar-refractivity contribution is 6.74. The van der Waals surface area contributed by atoms with E-state index in [9.17, 15) is 0 Å². The van der Waals surface area contributed by atoms with Gasteiger partial charge in [0.1, 0.15) is 0 Å². The Hall–Kier alpha value is -0.163. The van der Waals surface area contributed by atoms with Crippen molar-refractivity contribution in [3.63, 3.8) is 0 Å². The molecule has 21 heavy (non-hydrogen) atoms. The third kappa shape index (κ3) is 4.18. The fraction of sp³-hybridized carbons (Fsp3) is 0.882. The van der Waals surface area contributed by atoms with Crippen molar-refractivity contribution in [2.45, 2.75) is 71.1 Å². The normalized spacial score (nSPS) is 27.4. The van der Waals surface area contributed by atoms with Crippen molar-refractivity contribution < 1.29 is 13.9 Å². The molecule has 0 radical (unpaired) electrons. The van der Waals surface area contributed by atoms with Crippen LogP contribution in [0, 0.1) is 11.8 Å². The van der Waals surface area contributed by atoms with E-state index < -0.39 is 8.32 Å². The summed E-state index contributed by atoms with van der Waals surface area (Å²) >= 11 is 0. The lowest BCUT2D eigenvalue weighted by atomic mass is 9.88. The van der Waals surface area contributed by atoms with Gasteiger partial charge in [-0.05, 0) is 37.9 Å². The summed E-state index contributed by atoms with van der Waals surface area (Å²) in [5.41, 5.74) is 1.18. The highest BCUT2D eigenvalue weighted by Gasteiger charge is 2.46. The van der Waals surface area contributed by atoms with E-state index in [0.29, 0.717) is 11.8 Å². The van der Waals surface area contributed by atoms with E-state index in [1.54, 1.807) is 14.2 Å². The van der Waals surface area contributed by atoms with Crippen LogP contribution < -0.4 is 0 Å². The minimum atomic E-state index is -1.77. The van der Waals surface area contributed by atoms with E-state index in [0.717, 1.165) is 12.8 Å². The van der Waals surface area contributed by atoms with Crippen molar-refractivity contribution >= 4 is 8.32 Å². The Bertz CT molecular complexity index is 356. The second kappa shape index (κ2) is 6.94. The maximum absolute atomic E-state index is 6.67. The fourth-order valence-electron chi connectivity index (χ4n) is 3.11. The number of rotatable bonds is 6. The molecule has 1 aliphatic carbocycles. The van der Waals surface area contributed by atoms with Gasteiger partial charge in [-0.2, -0.15) is 0 Å². The third-order valence-electron chi connectivity index (χ3n) is 5.28. The Balaban J connectivity index is 2.92. The lowest BCUT2D eigenvalue weighted by molar-refractivity contribution is -0.144. The molecule has 1 rings (SSSR count). The van der Waals surface area contributed by atoms with E-state index >= 15 is 0 Å². The zero-order valence-corrected chi connectivity index (χ0v) is 16.2. The summed E-state index contributed by atoms with van der Waals surface area (Å²) in [5, 5.41) is 0.229. The molecule has 0 aliphatic heterocycles. The highest BCUT2D eigenvalue weighted by Crippen LogP contribution is 2.45. The molecule has 0 heterocycles. The molecule has 3 atom stereocenters. The fourth-order valence-corrected chi connectivity index (χ4v) is 4.49. The van der Waals surface area contributed by atoms with Crippen LogP contribution in [0.3, 0.4) is 0 Å². The monoisotopic (exact) mass is 314 g/mol. The van der Waals surface area contributed by atoms with Crippen molar-refractivity contribution in [1.29, 1.82) is 0 Å². The van der Waals surface area contributed by atoms with Gasteiger partial charge in [0.25, 0.3) is 0 Å². The van der Waals surface area contributed by atoms with E-state index in [1.807, 2.05) is 0 Å². The third-order valence-corrected chi connectivity index (χ3v) is 9.79. The lowest BCUT2D eigenvalue weighted by Crippen LogP contribution is -2.45. The van der Waals surface area contributed by atoms with Crippen LogP contribution in [-0.2, 0) is 13.9 Å². The van der Waals surface area contributed by atoms with Gasteiger partial charge >= 0.3 is 0 Å². The van der Waals surface area contributed by atoms with E-state index in [1.165, 1.54) is 5.57 Å². The van der Waals surface area contributed by atoms with Gasteiger partial charge in [0.2, 0.25) is 0 Å².